The van der Waals surface area contributed by atoms with Crippen LogP contribution in [-0.4, -0.2) is 22.8 Å². The van der Waals surface area contributed by atoms with Crippen molar-refractivity contribution in [3.8, 4) is 0 Å². The topological polar surface area (TPSA) is 57.5 Å². The van der Waals surface area contributed by atoms with E-state index in [-0.39, 0.29) is 6.61 Å². The summed E-state index contributed by atoms with van der Waals surface area (Å²) in [6, 6.07) is 6.93. The first-order chi connectivity index (χ1) is 8.15. The highest BCUT2D eigenvalue weighted by atomic mass is 35.5. The van der Waals surface area contributed by atoms with Crippen LogP contribution in [0, 0.1) is 0 Å². The molecule has 94 valence electrons. The molecule has 0 bridgehead atoms. The van der Waals surface area contributed by atoms with Gasteiger partial charge in [0.1, 0.15) is 0 Å². The molecule has 0 aliphatic rings. The van der Waals surface area contributed by atoms with Gasteiger partial charge in [-0.25, -0.2) is 0 Å². The number of carboxylic acid groups (broad SMARTS) is 1. The van der Waals surface area contributed by atoms with E-state index in [4.69, 9.17) is 16.7 Å². The summed E-state index contributed by atoms with van der Waals surface area (Å²) in [7, 11) is 0. The van der Waals surface area contributed by atoms with Gasteiger partial charge in [-0.2, -0.15) is 0 Å². The van der Waals surface area contributed by atoms with E-state index in [1.54, 1.807) is 24.3 Å². The average Bonchev–Trinajstić information content (AvgIpc) is 2.30. The van der Waals surface area contributed by atoms with Crippen molar-refractivity contribution >= 4 is 17.6 Å². The molecular formula is C13H17ClO3. The highest BCUT2D eigenvalue weighted by molar-refractivity contribution is 6.30. The van der Waals surface area contributed by atoms with Crippen molar-refractivity contribution in [2.45, 2.75) is 31.6 Å². The minimum absolute atomic E-state index is 0.165. The zero-order valence-corrected chi connectivity index (χ0v) is 10.4. The van der Waals surface area contributed by atoms with E-state index in [1.165, 1.54) is 0 Å². The molecule has 2 N–H and O–H groups in total. The van der Waals surface area contributed by atoms with Crippen LogP contribution in [0.4, 0.5) is 0 Å². The lowest BCUT2D eigenvalue weighted by Gasteiger charge is -2.12. The Kier molecular flexibility index (Phi) is 6.01. The van der Waals surface area contributed by atoms with E-state index in [1.807, 2.05) is 0 Å². The van der Waals surface area contributed by atoms with E-state index in [0.29, 0.717) is 11.4 Å². The highest BCUT2D eigenvalue weighted by Crippen LogP contribution is 2.24. The fraction of sp³-hybridized carbons (Fsp3) is 0.462. The Morgan fingerprint density at radius 3 is 2.35 bits per heavy atom. The lowest BCUT2D eigenvalue weighted by atomic mass is 9.93. The Morgan fingerprint density at radius 1 is 1.18 bits per heavy atom. The molecule has 0 amide bonds. The van der Waals surface area contributed by atoms with Gasteiger partial charge in [0, 0.05) is 11.6 Å². The van der Waals surface area contributed by atoms with Crippen molar-refractivity contribution in [2.24, 2.45) is 0 Å². The number of carbonyl (C=O) groups is 1. The van der Waals surface area contributed by atoms with Crippen LogP contribution in [0.2, 0.25) is 5.02 Å². The number of aliphatic hydroxyl groups excluding tert-OH is 1. The van der Waals surface area contributed by atoms with Crippen molar-refractivity contribution in [3.05, 3.63) is 34.9 Å². The molecule has 0 heterocycles. The molecule has 0 fully saturated rings. The minimum Gasteiger partial charge on any atom is -0.481 e. The van der Waals surface area contributed by atoms with E-state index in [9.17, 15) is 9.90 Å². The summed E-state index contributed by atoms with van der Waals surface area (Å²) < 4.78 is 0. The summed E-state index contributed by atoms with van der Waals surface area (Å²) in [6.45, 7) is 0.165. The molecule has 0 saturated heterocycles. The van der Waals surface area contributed by atoms with Gasteiger partial charge in [0.15, 0.2) is 0 Å². The minimum atomic E-state index is -0.809. The van der Waals surface area contributed by atoms with E-state index in [0.717, 1.165) is 24.8 Å². The van der Waals surface area contributed by atoms with Crippen molar-refractivity contribution in [1.29, 1.82) is 0 Å². The molecule has 0 aliphatic carbocycles. The van der Waals surface area contributed by atoms with Crippen molar-refractivity contribution < 1.29 is 15.0 Å². The Morgan fingerprint density at radius 2 is 1.82 bits per heavy atom. The second kappa shape index (κ2) is 7.30. The van der Waals surface area contributed by atoms with Gasteiger partial charge in [-0.1, -0.05) is 36.6 Å². The maximum absolute atomic E-state index is 11.2. The molecule has 1 atom stereocenters. The molecule has 17 heavy (non-hydrogen) atoms. The number of benzene rings is 1. The molecule has 3 nitrogen and oxygen atoms in total. The second-order valence-corrected chi connectivity index (χ2v) is 4.45. The number of halogens is 1. The Bertz CT molecular complexity index is 348. The summed E-state index contributed by atoms with van der Waals surface area (Å²) in [5.41, 5.74) is 0.783. The quantitative estimate of drug-likeness (QED) is 0.737. The van der Waals surface area contributed by atoms with Gasteiger partial charge >= 0.3 is 5.97 Å². The van der Waals surface area contributed by atoms with E-state index >= 15 is 0 Å². The molecule has 0 radical (unpaired) electrons. The predicted molar refractivity (Wildman–Crippen MR) is 67.4 cm³/mol. The maximum Gasteiger partial charge on any atom is 0.310 e. The predicted octanol–water partition coefficient (Wildman–Crippen LogP) is 3.06. The number of aliphatic carboxylic acids is 1. The van der Waals surface area contributed by atoms with Gasteiger partial charge in [-0.05, 0) is 30.5 Å². The van der Waals surface area contributed by atoms with Crippen LogP contribution in [0.15, 0.2) is 24.3 Å². The second-order valence-electron chi connectivity index (χ2n) is 4.02. The Labute approximate surface area is 106 Å². The van der Waals surface area contributed by atoms with E-state index < -0.39 is 11.9 Å². The summed E-state index contributed by atoms with van der Waals surface area (Å²) in [4.78, 5) is 11.2. The lowest BCUT2D eigenvalue weighted by Crippen LogP contribution is -2.11. The number of hydrogen-bond donors (Lipinski definition) is 2. The van der Waals surface area contributed by atoms with Crippen molar-refractivity contribution in [3.63, 3.8) is 0 Å². The zero-order chi connectivity index (χ0) is 12.7. The molecule has 1 aromatic rings. The number of carboxylic acids is 1. The van der Waals surface area contributed by atoms with Crippen LogP contribution in [0.5, 0.6) is 0 Å². The maximum atomic E-state index is 11.2. The van der Waals surface area contributed by atoms with Crippen molar-refractivity contribution in [1.82, 2.24) is 0 Å². The monoisotopic (exact) mass is 256 g/mol. The molecule has 4 heteroatoms. The normalized spacial score (nSPS) is 12.4. The van der Waals surface area contributed by atoms with Crippen LogP contribution in [0.3, 0.4) is 0 Å². The number of rotatable bonds is 7. The molecule has 1 rings (SSSR count). The lowest BCUT2D eigenvalue weighted by molar-refractivity contribution is -0.139. The fourth-order valence-electron chi connectivity index (χ4n) is 1.76. The third-order valence-electron chi connectivity index (χ3n) is 2.72. The summed E-state index contributed by atoms with van der Waals surface area (Å²) >= 11 is 5.77. The van der Waals surface area contributed by atoms with Gasteiger partial charge in [-0.15, -0.1) is 0 Å². The first-order valence-electron chi connectivity index (χ1n) is 5.74. The third kappa shape index (κ3) is 4.75. The van der Waals surface area contributed by atoms with Gasteiger partial charge in [0.2, 0.25) is 0 Å². The molecule has 0 saturated carbocycles. The van der Waals surface area contributed by atoms with Crippen LogP contribution in [0.1, 0.15) is 37.2 Å². The standard InChI is InChI=1S/C13H17ClO3/c14-11-7-5-10(6-8-11)12(13(16)17)4-2-1-3-9-15/h5-8,12,15H,1-4,9H2,(H,16,17). The van der Waals surface area contributed by atoms with Gasteiger partial charge in [-0.3, -0.25) is 4.79 Å². The van der Waals surface area contributed by atoms with E-state index in [2.05, 4.69) is 0 Å². The van der Waals surface area contributed by atoms with Crippen LogP contribution >= 0.6 is 11.6 Å². The number of hydrogen-bond acceptors (Lipinski definition) is 2. The summed E-state index contributed by atoms with van der Waals surface area (Å²) in [5.74, 6) is -1.29. The first-order valence-corrected chi connectivity index (χ1v) is 6.12. The Balaban J connectivity index is 2.59. The Hall–Kier alpha value is -1.06. The number of unbranched alkanes of at least 4 members (excludes halogenated alkanes) is 2. The fourth-order valence-corrected chi connectivity index (χ4v) is 1.89. The first kappa shape index (κ1) is 14.0. The molecule has 0 spiro atoms. The van der Waals surface area contributed by atoms with Gasteiger partial charge in [0.05, 0.1) is 5.92 Å². The highest BCUT2D eigenvalue weighted by Gasteiger charge is 2.18. The zero-order valence-electron chi connectivity index (χ0n) is 9.60. The average molecular weight is 257 g/mol. The largest absolute Gasteiger partial charge is 0.481 e. The van der Waals surface area contributed by atoms with Gasteiger partial charge in [0.25, 0.3) is 0 Å². The third-order valence-corrected chi connectivity index (χ3v) is 2.97. The van der Waals surface area contributed by atoms with Crippen LogP contribution in [-0.2, 0) is 4.79 Å². The SMILES string of the molecule is O=C(O)C(CCCCCO)c1ccc(Cl)cc1. The summed E-state index contributed by atoms with van der Waals surface area (Å²) in [5, 5.41) is 18.4. The summed E-state index contributed by atoms with van der Waals surface area (Å²) in [6.07, 6.45) is 2.98. The van der Waals surface area contributed by atoms with Crippen LogP contribution < -0.4 is 0 Å². The smallest absolute Gasteiger partial charge is 0.310 e. The molecule has 0 aliphatic heterocycles. The molecule has 1 unspecified atom stereocenters. The molecule has 1 aromatic carbocycles. The molecular weight excluding hydrogens is 240 g/mol. The van der Waals surface area contributed by atoms with Crippen LogP contribution in [0.25, 0.3) is 0 Å². The van der Waals surface area contributed by atoms with Gasteiger partial charge < -0.3 is 10.2 Å². The van der Waals surface area contributed by atoms with Crippen molar-refractivity contribution in [2.75, 3.05) is 6.61 Å². The molecule has 0 aromatic heterocycles. The number of aliphatic hydroxyl groups is 1.